The highest BCUT2D eigenvalue weighted by Gasteiger charge is 2.56. The van der Waals surface area contributed by atoms with Crippen molar-refractivity contribution in [3.63, 3.8) is 0 Å². The zero-order valence-corrected chi connectivity index (χ0v) is 18.3. The minimum absolute atomic E-state index is 0.0203. The molecule has 4 heterocycles. The van der Waals surface area contributed by atoms with Crippen molar-refractivity contribution < 1.29 is 45.4 Å². The van der Waals surface area contributed by atoms with Crippen LogP contribution < -0.4 is 10.1 Å². The maximum absolute atomic E-state index is 13.1. The predicted octanol–water partition coefficient (Wildman–Crippen LogP) is 2.67. The summed E-state index contributed by atoms with van der Waals surface area (Å²) in [6.45, 7) is 1.78. The van der Waals surface area contributed by atoms with Crippen LogP contribution in [0.4, 0.5) is 31.1 Å². The molecule has 14 heteroatoms. The number of fused-ring (bicyclic) bond motifs is 1. The maximum atomic E-state index is 13.1. The highest BCUT2D eigenvalue weighted by Crippen LogP contribution is 2.50. The maximum Gasteiger partial charge on any atom is 0.418 e. The minimum Gasteiger partial charge on any atom is -0.474 e. The number of rotatable bonds is 2. The van der Waals surface area contributed by atoms with Gasteiger partial charge in [-0.05, 0) is 19.3 Å². The summed E-state index contributed by atoms with van der Waals surface area (Å²) in [5.41, 5.74) is -3.92. The molecule has 35 heavy (non-hydrogen) atoms. The molecule has 1 aliphatic carbocycles. The molecule has 0 bridgehead atoms. The third kappa shape index (κ3) is 4.59. The quantitative estimate of drug-likeness (QED) is 0.622. The third-order valence-electron chi connectivity index (χ3n) is 7.02. The molecule has 1 spiro atoms. The number of hydrogen-bond donors (Lipinski definition) is 1. The van der Waals surface area contributed by atoms with E-state index in [0.29, 0.717) is 45.4 Å². The zero-order valence-electron chi connectivity index (χ0n) is 18.3. The van der Waals surface area contributed by atoms with Crippen LogP contribution in [0.2, 0.25) is 0 Å². The standard InChI is InChI=1S/C21H22F6N4O4/c22-20(23,24)12-3-17(28-6-13(12)21(25,26)27)35-11-4-19(5-11)9-31(10-19)18(33)30-2-1-15-14(7-30)29-16(32)8-34-15/h3,6,11,14-15H,1-2,4-5,7-10H2,(H,29,32)/t14-,15+/m1/s1. The summed E-state index contributed by atoms with van der Waals surface area (Å²) in [6, 6.07) is -0.122. The van der Waals surface area contributed by atoms with Crippen LogP contribution in [0.15, 0.2) is 12.3 Å². The van der Waals surface area contributed by atoms with Crippen molar-refractivity contribution in [2.45, 2.75) is 49.9 Å². The Morgan fingerprint density at radius 1 is 1.11 bits per heavy atom. The van der Waals surface area contributed by atoms with Crippen molar-refractivity contribution in [3.05, 3.63) is 23.4 Å². The highest BCUT2D eigenvalue weighted by molar-refractivity contribution is 5.79. The number of likely N-dealkylation sites (tertiary alicyclic amines) is 2. The number of carbonyl (C=O) groups excluding carboxylic acids is 2. The number of alkyl halides is 6. The number of amides is 3. The lowest BCUT2D eigenvalue weighted by Gasteiger charge is -2.59. The Morgan fingerprint density at radius 3 is 2.46 bits per heavy atom. The SMILES string of the molecule is O=C1CO[C@H]2CCN(C(=O)N3CC4(CC(Oc5cc(C(F)(F)F)c(C(F)(F)F)cn5)C4)C3)C[C@H]2N1. The van der Waals surface area contributed by atoms with Gasteiger partial charge in [-0.25, -0.2) is 9.78 Å². The van der Waals surface area contributed by atoms with E-state index >= 15 is 0 Å². The fraction of sp³-hybridized carbons (Fsp3) is 0.667. The molecule has 1 aromatic heterocycles. The van der Waals surface area contributed by atoms with Crippen LogP contribution >= 0.6 is 0 Å². The molecular formula is C21H22F6N4O4. The van der Waals surface area contributed by atoms with Gasteiger partial charge in [0.05, 0.1) is 23.3 Å². The molecule has 4 fully saturated rings. The molecule has 3 amide bonds. The number of urea groups is 1. The number of nitrogens with zero attached hydrogens (tertiary/aromatic N) is 3. The minimum atomic E-state index is -5.21. The Balaban J connectivity index is 1.13. The number of ether oxygens (including phenoxy) is 2. The zero-order chi connectivity index (χ0) is 25.2. The summed E-state index contributed by atoms with van der Waals surface area (Å²) in [5.74, 6) is -0.731. The molecule has 5 rings (SSSR count). The lowest BCUT2D eigenvalue weighted by atomic mass is 9.62. The van der Waals surface area contributed by atoms with E-state index in [9.17, 15) is 35.9 Å². The second-order valence-electron chi connectivity index (χ2n) is 9.61. The molecule has 0 radical (unpaired) electrons. The van der Waals surface area contributed by atoms with Crippen LogP contribution in [0.3, 0.4) is 0 Å². The summed E-state index contributed by atoms with van der Waals surface area (Å²) in [4.78, 5) is 31.1. The first-order valence-corrected chi connectivity index (χ1v) is 11.1. The van der Waals surface area contributed by atoms with Gasteiger partial charge in [-0.3, -0.25) is 4.79 Å². The van der Waals surface area contributed by atoms with Crippen LogP contribution in [0.25, 0.3) is 0 Å². The molecule has 3 aliphatic heterocycles. The average molecular weight is 508 g/mol. The molecule has 3 saturated heterocycles. The number of aromatic nitrogens is 1. The lowest BCUT2D eigenvalue weighted by Crippen LogP contribution is -2.69. The van der Waals surface area contributed by atoms with Gasteiger partial charge in [-0.15, -0.1) is 0 Å². The van der Waals surface area contributed by atoms with Crippen molar-refractivity contribution in [1.29, 1.82) is 0 Å². The van der Waals surface area contributed by atoms with E-state index in [-0.39, 0.29) is 48.4 Å². The van der Waals surface area contributed by atoms with E-state index in [2.05, 4.69) is 10.3 Å². The number of hydrogen-bond acceptors (Lipinski definition) is 5. The monoisotopic (exact) mass is 508 g/mol. The number of halogens is 6. The summed E-state index contributed by atoms with van der Waals surface area (Å²) >= 11 is 0. The van der Waals surface area contributed by atoms with Crippen LogP contribution in [0.5, 0.6) is 5.88 Å². The fourth-order valence-electron chi connectivity index (χ4n) is 5.35. The largest absolute Gasteiger partial charge is 0.474 e. The van der Waals surface area contributed by atoms with Gasteiger partial charge in [0.2, 0.25) is 11.8 Å². The molecular weight excluding hydrogens is 486 g/mol. The van der Waals surface area contributed by atoms with Gasteiger partial charge in [0.25, 0.3) is 0 Å². The highest BCUT2D eigenvalue weighted by atomic mass is 19.4. The first kappa shape index (κ1) is 23.9. The Bertz CT molecular complexity index is 1020. The van der Waals surface area contributed by atoms with Gasteiger partial charge in [0, 0.05) is 43.9 Å². The molecule has 4 aliphatic rings. The van der Waals surface area contributed by atoms with Gasteiger partial charge in [0.15, 0.2) is 0 Å². The number of morpholine rings is 1. The van der Waals surface area contributed by atoms with Gasteiger partial charge in [-0.1, -0.05) is 0 Å². The third-order valence-corrected chi connectivity index (χ3v) is 7.02. The van der Waals surface area contributed by atoms with Crippen molar-refractivity contribution in [2.24, 2.45) is 5.41 Å². The number of piperidine rings is 1. The second-order valence-corrected chi connectivity index (χ2v) is 9.61. The predicted molar refractivity (Wildman–Crippen MR) is 105 cm³/mol. The van der Waals surface area contributed by atoms with Crippen molar-refractivity contribution in [3.8, 4) is 5.88 Å². The average Bonchev–Trinajstić information content (AvgIpc) is 2.72. The van der Waals surface area contributed by atoms with Gasteiger partial charge < -0.3 is 24.6 Å². The van der Waals surface area contributed by atoms with Gasteiger partial charge in [0.1, 0.15) is 12.7 Å². The summed E-state index contributed by atoms with van der Waals surface area (Å²) in [5, 5.41) is 2.84. The smallest absolute Gasteiger partial charge is 0.418 e. The molecule has 0 aromatic carbocycles. The Labute approximate surface area is 195 Å². The van der Waals surface area contributed by atoms with Crippen molar-refractivity contribution >= 4 is 11.9 Å². The first-order valence-electron chi connectivity index (χ1n) is 11.1. The summed E-state index contributed by atoms with van der Waals surface area (Å²) in [6.07, 6.45) is -9.34. The molecule has 192 valence electrons. The van der Waals surface area contributed by atoms with Crippen molar-refractivity contribution in [2.75, 3.05) is 32.8 Å². The van der Waals surface area contributed by atoms with E-state index in [1.165, 1.54) is 0 Å². The molecule has 1 aromatic rings. The summed E-state index contributed by atoms with van der Waals surface area (Å²) in [7, 11) is 0. The van der Waals surface area contributed by atoms with Gasteiger partial charge >= 0.3 is 18.4 Å². The van der Waals surface area contributed by atoms with Crippen LogP contribution in [-0.4, -0.2) is 77.8 Å². The van der Waals surface area contributed by atoms with Gasteiger partial charge in [-0.2, -0.15) is 26.3 Å². The normalized spacial score (nSPS) is 26.5. The van der Waals surface area contributed by atoms with E-state index < -0.39 is 35.5 Å². The van der Waals surface area contributed by atoms with Crippen molar-refractivity contribution in [1.82, 2.24) is 20.1 Å². The second kappa shape index (κ2) is 8.14. The van der Waals surface area contributed by atoms with E-state index in [4.69, 9.17) is 9.47 Å². The number of carbonyl (C=O) groups is 2. The molecule has 1 saturated carbocycles. The number of nitrogens with one attached hydrogen (secondary N) is 1. The summed E-state index contributed by atoms with van der Waals surface area (Å²) < 4.78 is 88.9. The van der Waals surface area contributed by atoms with E-state index in [1.54, 1.807) is 9.80 Å². The Morgan fingerprint density at radius 2 is 1.80 bits per heavy atom. The molecule has 2 atom stereocenters. The topological polar surface area (TPSA) is 84.0 Å². The van der Waals surface area contributed by atoms with E-state index in [1.807, 2.05) is 0 Å². The molecule has 8 nitrogen and oxygen atoms in total. The fourth-order valence-corrected chi connectivity index (χ4v) is 5.35. The van der Waals surface area contributed by atoms with E-state index in [0.717, 1.165) is 0 Å². The molecule has 1 N–H and O–H groups in total. The van der Waals surface area contributed by atoms with Crippen LogP contribution in [-0.2, 0) is 21.9 Å². The Kier molecular flexibility index (Phi) is 5.57. The number of pyridine rings is 1. The molecule has 0 unspecified atom stereocenters. The first-order chi connectivity index (χ1) is 16.3. The van der Waals surface area contributed by atoms with Crippen LogP contribution in [0, 0.1) is 5.41 Å². The van der Waals surface area contributed by atoms with Crippen LogP contribution in [0.1, 0.15) is 30.4 Å². The Hall–Kier alpha value is -2.77. The lowest BCUT2D eigenvalue weighted by molar-refractivity contribution is -0.162.